The second-order valence-electron chi connectivity index (χ2n) is 7.61. The maximum absolute atomic E-state index is 14.8. The highest BCUT2D eigenvalue weighted by atomic mass is 19.1. The molecule has 2 N–H and O–H groups in total. The number of halogens is 2. The normalized spacial score (nSPS) is 12.0. The molecule has 4 rings (SSSR count). The highest BCUT2D eigenvalue weighted by Gasteiger charge is 2.20. The second-order valence-corrected chi connectivity index (χ2v) is 7.61. The molecule has 0 spiro atoms. The van der Waals surface area contributed by atoms with Gasteiger partial charge in [0.15, 0.2) is 0 Å². The van der Waals surface area contributed by atoms with Gasteiger partial charge in [0.2, 0.25) is 0 Å². The Morgan fingerprint density at radius 3 is 2.47 bits per heavy atom. The number of ether oxygens (including phenoxy) is 2. The lowest BCUT2D eigenvalue weighted by molar-refractivity contribution is 0.309. The average Bonchev–Trinajstić information content (AvgIpc) is 2.81. The molecule has 0 fully saturated rings. The quantitative estimate of drug-likeness (QED) is 0.417. The Balaban J connectivity index is 1.78. The van der Waals surface area contributed by atoms with Crippen molar-refractivity contribution >= 4 is 10.9 Å². The van der Waals surface area contributed by atoms with Gasteiger partial charge in [0.1, 0.15) is 35.3 Å². The van der Waals surface area contributed by atoms with Gasteiger partial charge in [0, 0.05) is 23.9 Å². The Hall–Kier alpha value is -3.51. The Kier molecular flexibility index (Phi) is 6.32. The lowest BCUT2D eigenvalue weighted by Crippen LogP contribution is -2.16. The molecule has 0 aliphatic carbocycles. The Bertz CT molecular complexity index is 1240. The average molecular weight is 434 g/mol. The highest BCUT2D eigenvalue weighted by Crippen LogP contribution is 2.34. The molecule has 0 aliphatic heterocycles. The van der Waals surface area contributed by atoms with Crippen LogP contribution in [0, 0.1) is 18.6 Å². The number of fused-ring (bicyclic) bond motifs is 1. The maximum Gasteiger partial charge on any atom is 0.149 e. The number of hydrogen-bond donors (Lipinski definition) is 1. The van der Waals surface area contributed by atoms with E-state index in [0.29, 0.717) is 22.4 Å². The molecule has 1 aromatic heterocycles. The van der Waals surface area contributed by atoms with E-state index >= 15 is 0 Å². The number of aromatic nitrogens is 1. The molecule has 0 radical (unpaired) electrons. The fourth-order valence-electron chi connectivity index (χ4n) is 3.78. The zero-order chi connectivity index (χ0) is 22.7. The van der Waals surface area contributed by atoms with E-state index in [2.05, 4.69) is 4.98 Å². The van der Waals surface area contributed by atoms with Crippen LogP contribution in [-0.2, 0) is 6.61 Å². The zero-order valence-corrected chi connectivity index (χ0v) is 17.9. The van der Waals surface area contributed by atoms with Crippen LogP contribution in [0.4, 0.5) is 8.78 Å². The van der Waals surface area contributed by atoms with E-state index in [4.69, 9.17) is 15.2 Å². The minimum absolute atomic E-state index is 0.188. The number of nitrogens with two attached hydrogens (primary N) is 1. The van der Waals surface area contributed by atoms with Crippen LogP contribution < -0.4 is 15.2 Å². The molecular weight excluding hydrogens is 410 g/mol. The summed E-state index contributed by atoms with van der Waals surface area (Å²) in [6.45, 7) is 2.36. The largest absolute Gasteiger partial charge is 0.497 e. The van der Waals surface area contributed by atoms with E-state index in [0.717, 1.165) is 16.9 Å². The van der Waals surface area contributed by atoms with Gasteiger partial charge in [-0.15, -0.1) is 0 Å². The van der Waals surface area contributed by atoms with Gasteiger partial charge in [0.05, 0.1) is 12.8 Å². The fourth-order valence-corrected chi connectivity index (χ4v) is 3.78. The third kappa shape index (κ3) is 4.41. The molecule has 0 saturated heterocycles. The van der Waals surface area contributed by atoms with E-state index in [1.54, 1.807) is 31.4 Å². The van der Waals surface area contributed by atoms with Crippen LogP contribution in [-0.4, -0.2) is 18.6 Å². The van der Waals surface area contributed by atoms with Gasteiger partial charge >= 0.3 is 0 Å². The van der Waals surface area contributed by atoms with Crippen molar-refractivity contribution in [3.8, 4) is 11.5 Å². The Labute approximate surface area is 185 Å². The molecule has 3 aromatic carbocycles. The van der Waals surface area contributed by atoms with Crippen molar-refractivity contribution in [1.82, 2.24) is 4.98 Å². The van der Waals surface area contributed by atoms with Crippen molar-refractivity contribution in [2.24, 2.45) is 5.73 Å². The van der Waals surface area contributed by atoms with Gasteiger partial charge in [-0.25, -0.2) is 13.8 Å². The summed E-state index contributed by atoms with van der Waals surface area (Å²) in [5, 5.41) is 0.609. The van der Waals surface area contributed by atoms with Crippen molar-refractivity contribution in [2.45, 2.75) is 19.4 Å². The van der Waals surface area contributed by atoms with Crippen molar-refractivity contribution in [1.29, 1.82) is 0 Å². The van der Waals surface area contributed by atoms with Gasteiger partial charge in [-0.05, 0) is 53.9 Å². The fraction of sp³-hybridized carbons (Fsp3) is 0.192. The summed E-state index contributed by atoms with van der Waals surface area (Å²) in [4.78, 5) is 4.58. The van der Waals surface area contributed by atoms with Gasteiger partial charge in [-0.3, -0.25) is 0 Å². The standard InChI is InChI=1S/C26H24F2N2O2/c1-16-6-11-22(28)26-25(16)24(32-15-17-7-9-20(31-2)10-8-17)13-23(30-26)21(14-29)18-4-3-5-19(27)12-18/h3-13,21H,14-15,29H2,1-2H3. The summed E-state index contributed by atoms with van der Waals surface area (Å²) in [6.07, 6.45) is 0. The van der Waals surface area contributed by atoms with Crippen LogP contribution in [0.3, 0.4) is 0 Å². The first-order valence-corrected chi connectivity index (χ1v) is 10.3. The first-order valence-electron chi connectivity index (χ1n) is 10.3. The number of hydrogen-bond acceptors (Lipinski definition) is 4. The number of methoxy groups -OCH3 is 1. The predicted molar refractivity (Wildman–Crippen MR) is 121 cm³/mol. The number of nitrogens with zero attached hydrogens (tertiary/aromatic N) is 1. The molecule has 1 heterocycles. The molecule has 32 heavy (non-hydrogen) atoms. The van der Waals surface area contributed by atoms with E-state index in [1.165, 1.54) is 18.2 Å². The molecule has 4 nitrogen and oxygen atoms in total. The molecule has 1 unspecified atom stereocenters. The Morgan fingerprint density at radius 2 is 1.78 bits per heavy atom. The summed E-state index contributed by atoms with van der Waals surface area (Å²) in [7, 11) is 1.61. The predicted octanol–water partition coefficient (Wildman–Crippen LogP) is 5.50. The van der Waals surface area contributed by atoms with Gasteiger partial charge in [-0.1, -0.05) is 30.3 Å². The van der Waals surface area contributed by atoms with E-state index < -0.39 is 11.7 Å². The summed E-state index contributed by atoms with van der Waals surface area (Å²) in [5.41, 5.74) is 9.23. The van der Waals surface area contributed by atoms with E-state index in [-0.39, 0.29) is 24.5 Å². The van der Waals surface area contributed by atoms with E-state index in [9.17, 15) is 8.78 Å². The monoisotopic (exact) mass is 434 g/mol. The molecule has 0 saturated carbocycles. The third-order valence-electron chi connectivity index (χ3n) is 5.50. The van der Waals surface area contributed by atoms with Crippen LogP contribution >= 0.6 is 0 Å². The molecule has 6 heteroatoms. The lowest BCUT2D eigenvalue weighted by Gasteiger charge is -2.19. The number of pyridine rings is 1. The molecule has 164 valence electrons. The topological polar surface area (TPSA) is 57.4 Å². The highest BCUT2D eigenvalue weighted by molar-refractivity contribution is 5.89. The summed E-state index contributed by atoms with van der Waals surface area (Å²) in [6, 6.07) is 18.6. The molecular formula is C26H24F2N2O2. The van der Waals surface area contributed by atoms with Gasteiger partial charge < -0.3 is 15.2 Å². The first kappa shape index (κ1) is 21.7. The second kappa shape index (κ2) is 9.32. The summed E-state index contributed by atoms with van der Waals surface area (Å²) in [5.74, 6) is 0.0479. The smallest absolute Gasteiger partial charge is 0.149 e. The van der Waals surface area contributed by atoms with E-state index in [1.807, 2.05) is 31.2 Å². The van der Waals surface area contributed by atoms with Crippen LogP contribution in [0.1, 0.15) is 28.3 Å². The molecule has 4 aromatic rings. The first-order chi connectivity index (χ1) is 15.5. The van der Waals surface area contributed by atoms with Gasteiger partial charge in [-0.2, -0.15) is 0 Å². The molecule has 1 atom stereocenters. The minimum Gasteiger partial charge on any atom is -0.497 e. The SMILES string of the molecule is COc1ccc(COc2cc(C(CN)c3cccc(F)c3)nc3c(F)ccc(C)c23)cc1. The molecule has 0 amide bonds. The lowest BCUT2D eigenvalue weighted by atomic mass is 9.94. The Morgan fingerprint density at radius 1 is 1.00 bits per heavy atom. The summed E-state index contributed by atoms with van der Waals surface area (Å²) < 4.78 is 40.0. The number of benzene rings is 3. The van der Waals surface area contributed by atoms with Gasteiger partial charge in [0.25, 0.3) is 0 Å². The summed E-state index contributed by atoms with van der Waals surface area (Å²) >= 11 is 0. The number of rotatable bonds is 7. The number of aryl methyl sites for hydroxylation is 1. The maximum atomic E-state index is 14.8. The third-order valence-corrected chi connectivity index (χ3v) is 5.50. The minimum atomic E-state index is -0.447. The molecule has 0 bridgehead atoms. The van der Waals surface area contributed by atoms with Crippen molar-refractivity contribution in [2.75, 3.05) is 13.7 Å². The molecule has 0 aliphatic rings. The van der Waals surface area contributed by atoms with Crippen LogP contribution in [0.15, 0.2) is 66.7 Å². The van der Waals surface area contributed by atoms with Crippen LogP contribution in [0.2, 0.25) is 0 Å². The van der Waals surface area contributed by atoms with Crippen molar-refractivity contribution in [3.05, 3.63) is 101 Å². The van der Waals surface area contributed by atoms with Crippen molar-refractivity contribution < 1.29 is 18.3 Å². The van der Waals surface area contributed by atoms with Crippen LogP contribution in [0.25, 0.3) is 10.9 Å². The van der Waals surface area contributed by atoms with Crippen molar-refractivity contribution in [3.63, 3.8) is 0 Å². The van der Waals surface area contributed by atoms with Crippen LogP contribution in [0.5, 0.6) is 11.5 Å². The zero-order valence-electron chi connectivity index (χ0n) is 17.9.